The van der Waals surface area contributed by atoms with Gasteiger partial charge in [0.2, 0.25) is 5.16 Å². The van der Waals surface area contributed by atoms with Gasteiger partial charge in [0.25, 0.3) is 0 Å². The van der Waals surface area contributed by atoms with E-state index in [2.05, 4.69) is 10.2 Å². The summed E-state index contributed by atoms with van der Waals surface area (Å²) in [7, 11) is 0. The van der Waals surface area contributed by atoms with Gasteiger partial charge in [0.15, 0.2) is 5.82 Å². The second-order valence-electron chi connectivity index (χ2n) is 5.55. The fraction of sp³-hybridized carbons (Fsp3) is 0.467. The minimum Gasteiger partial charge on any atom is -0.392 e. The molecule has 0 amide bonds. The molecule has 0 saturated heterocycles. The smallest absolute Gasteiger partial charge is 0.210 e. The first-order chi connectivity index (χ1) is 10.1. The van der Waals surface area contributed by atoms with Gasteiger partial charge in [0.1, 0.15) is 0 Å². The lowest BCUT2D eigenvalue weighted by Gasteiger charge is -2.26. The Balaban J connectivity index is 1.80. The van der Waals surface area contributed by atoms with Crippen LogP contribution in [-0.4, -0.2) is 31.3 Å². The normalized spacial score (nSPS) is 22.4. The molecule has 1 saturated carbocycles. The maximum Gasteiger partial charge on any atom is 0.210 e. The Morgan fingerprint density at radius 2 is 1.90 bits per heavy atom. The molecular formula is C15H20N4OS. The molecule has 112 valence electrons. The van der Waals surface area contributed by atoms with E-state index in [1.165, 1.54) is 22.0 Å². The highest BCUT2D eigenvalue weighted by Crippen LogP contribution is 2.33. The molecule has 1 aliphatic carbocycles. The highest BCUT2D eigenvalue weighted by molar-refractivity contribution is 7.99. The molecule has 0 radical (unpaired) electrons. The van der Waals surface area contributed by atoms with Crippen LogP contribution < -0.4 is 5.84 Å². The molecule has 0 aliphatic heterocycles. The van der Waals surface area contributed by atoms with Crippen LogP contribution in [0.1, 0.15) is 31.2 Å². The standard InChI is InChI=1S/C15H20N4OS/c1-10-6-8-11(9-7-10)14-17-18-15(19(14)16)21-13-5-3-2-4-12(13)20/h6-9,12-13,20H,2-5,16H2,1H3. The van der Waals surface area contributed by atoms with E-state index in [4.69, 9.17) is 5.84 Å². The quantitative estimate of drug-likeness (QED) is 0.851. The Hall–Kier alpha value is -1.53. The Morgan fingerprint density at radius 3 is 2.62 bits per heavy atom. The summed E-state index contributed by atoms with van der Waals surface area (Å²) >= 11 is 1.53. The minimum absolute atomic E-state index is 0.163. The molecule has 6 heteroatoms. The van der Waals surface area contributed by atoms with Crippen molar-refractivity contribution in [1.82, 2.24) is 14.9 Å². The molecule has 3 rings (SSSR count). The number of benzene rings is 1. The molecule has 0 spiro atoms. The zero-order chi connectivity index (χ0) is 14.8. The minimum atomic E-state index is -0.275. The van der Waals surface area contributed by atoms with E-state index in [1.54, 1.807) is 0 Å². The van der Waals surface area contributed by atoms with Crippen LogP contribution in [0.4, 0.5) is 0 Å². The first kappa shape index (κ1) is 14.4. The van der Waals surface area contributed by atoms with Gasteiger partial charge in [-0.2, -0.15) is 0 Å². The van der Waals surface area contributed by atoms with Crippen molar-refractivity contribution in [2.45, 2.75) is 49.1 Å². The van der Waals surface area contributed by atoms with Crippen LogP contribution in [-0.2, 0) is 0 Å². The predicted molar refractivity (Wildman–Crippen MR) is 84.5 cm³/mol. The van der Waals surface area contributed by atoms with Crippen molar-refractivity contribution in [3.63, 3.8) is 0 Å². The highest BCUT2D eigenvalue weighted by atomic mass is 32.2. The molecule has 1 aliphatic rings. The number of rotatable bonds is 3. The van der Waals surface area contributed by atoms with E-state index in [0.717, 1.165) is 31.2 Å². The second-order valence-corrected chi connectivity index (χ2v) is 6.76. The lowest BCUT2D eigenvalue weighted by molar-refractivity contribution is 0.137. The largest absolute Gasteiger partial charge is 0.392 e. The fourth-order valence-corrected chi connectivity index (χ4v) is 3.74. The summed E-state index contributed by atoms with van der Waals surface area (Å²) in [5, 5.41) is 19.3. The molecule has 2 aromatic rings. The van der Waals surface area contributed by atoms with Crippen molar-refractivity contribution in [3.8, 4) is 11.4 Å². The number of hydrogen-bond donors (Lipinski definition) is 2. The Bertz CT molecular complexity index is 611. The number of aliphatic hydroxyl groups is 1. The summed E-state index contributed by atoms with van der Waals surface area (Å²) < 4.78 is 1.52. The molecule has 1 aromatic carbocycles. The molecule has 1 aromatic heterocycles. The highest BCUT2D eigenvalue weighted by Gasteiger charge is 2.26. The summed E-state index contributed by atoms with van der Waals surface area (Å²) in [6, 6.07) is 8.04. The maximum atomic E-state index is 10.1. The zero-order valence-electron chi connectivity index (χ0n) is 12.1. The third kappa shape index (κ3) is 3.06. The van der Waals surface area contributed by atoms with Crippen molar-refractivity contribution < 1.29 is 5.11 Å². The van der Waals surface area contributed by atoms with Crippen LogP contribution in [0.25, 0.3) is 11.4 Å². The van der Waals surface area contributed by atoms with Crippen LogP contribution >= 0.6 is 11.8 Å². The Morgan fingerprint density at radius 1 is 1.19 bits per heavy atom. The molecule has 2 atom stereocenters. The average molecular weight is 304 g/mol. The van der Waals surface area contributed by atoms with Crippen molar-refractivity contribution >= 4 is 11.8 Å². The predicted octanol–water partition coefficient (Wildman–Crippen LogP) is 2.36. The summed E-state index contributed by atoms with van der Waals surface area (Å²) in [6.07, 6.45) is 3.84. The van der Waals surface area contributed by atoms with Gasteiger partial charge in [-0.1, -0.05) is 54.4 Å². The van der Waals surface area contributed by atoms with Gasteiger partial charge < -0.3 is 10.9 Å². The average Bonchev–Trinajstić information content (AvgIpc) is 2.84. The topological polar surface area (TPSA) is 77.0 Å². The molecule has 1 heterocycles. The van der Waals surface area contributed by atoms with Gasteiger partial charge in [-0.25, -0.2) is 4.68 Å². The van der Waals surface area contributed by atoms with Crippen LogP contribution in [0.15, 0.2) is 29.4 Å². The van der Waals surface area contributed by atoms with Gasteiger partial charge in [-0.3, -0.25) is 0 Å². The SMILES string of the molecule is Cc1ccc(-c2nnc(SC3CCCCC3O)n2N)cc1. The summed E-state index contributed by atoms with van der Waals surface area (Å²) in [6.45, 7) is 2.04. The van der Waals surface area contributed by atoms with Crippen molar-refractivity contribution in [3.05, 3.63) is 29.8 Å². The van der Waals surface area contributed by atoms with E-state index < -0.39 is 0 Å². The van der Waals surface area contributed by atoms with E-state index in [0.29, 0.717) is 11.0 Å². The number of nitrogens with two attached hydrogens (primary N) is 1. The third-order valence-electron chi connectivity index (χ3n) is 3.90. The van der Waals surface area contributed by atoms with E-state index in [-0.39, 0.29) is 11.4 Å². The van der Waals surface area contributed by atoms with Gasteiger partial charge in [0.05, 0.1) is 6.10 Å². The number of aryl methyl sites for hydroxylation is 1. The lowest BCUT2D eigenvalue weighted by atomic mass is 9.97. The Labute approximate surface area is 128 Å². The van der Waals surface area contributed by atoms with Crippen molar-refractivity contribution in [2.24, 2.45) is 0 Å². The zero-order valence-corrected chi connectivity index (χ0v) is 12.9. The number of nitrogens with zero attached hydrogens (tertiary/aromatic N) is 3. The van der Waals surface area contributed by atoms with Crippen LogP contribution in [0.2, 0.25) is 0 Å². The number of nitrogen functional groups attached to an aromatic ring is 1. The van der Waals surface area contributed by atoms with Crippen LogP contribution in [0, 0.1) is 6.92 Å². The first-order valence-electron chi connectivity index (χ1n) is 7.27. The lowest BCUT2D eigenvalue weighted by Crippen LogP contribution is -2.27. The second kappa shape index (κ2) is 6.07. The molecule has 21 heavy (non-hydrogen) atoms. The van der Waals surface area contributed by atoms with E-state index in [9.17, 15) is 5.11 Å². The molecule has 3 N–H and O–H groups in total. The maximum absolute atomic E-state index is 10.1. The molecule has 5 nitrogen and oxygen atoms in total. The summed E-state index contributed by atoms with van der Waals surface area (Å²) in [4.78, 5) is 0. The van der Waals surface area contributed by atoms with E-state index in [1.807, 2.05) is 31.2 Å². The monoisotopic (exact) mass is 304 g/mol. The van der Waals surface area contributed by atoms with Crippen molar-refractivity contribution in [2.75, 3.05) is 5.84 Å². The summed E-state index contributed by atoms with van der Waals surface area (Å²) in [5.41, 5.74) is 2.15. The third-order valence-corrected chi connectivity index (χ3v) is 5.24. The molecule has 1 fully saturated rings. The van der Waals surface area contributed by atoms with Gasteiger partial charge in [0, 0.05) is 10.8 Å². The van der Waals surface area contributed by atoms with Crippen molar-refractivity contribution in [1.29, 1.82) is 0 Å². The van der Waals surface area contributed by atoms with Gasteiger partial charge >= 0.3 is 0 Å². The number of aromatic nitrogens is 3. The summed E-state index contributed by atoms with van der Waals surface area (Å²) in [5.74, 6) is 6.78. The molecule has 0 bridgehead atoms. The fourth-order valence-electron chi connectivity index (χ4n) is 2.61. The Kier molecular flexibility index (Phi) is 4.17. The first-order valence-corrected chi connectivity index (χ1v) is 8.15. The number of hydrogen-bond acceptors (Lipinski definition) is 5. The van der Waals surface area contributed by atoms with Crippen LogP contribution in [0.3, 0.4) is 0 Å². The van der Waals surface area contributed by atoms with Crippen LogP contribution in [0.5, 0.6) is 0 Å². The van der Waals surface area contributed by atoms with E-state index >= 15 is 0 Å². The number of thioether (sulfide) groups is 1. The molecular weight excluding hydrogens is 284 g/mol. The van der Waals surface area contributed by atoms with Gasteiger partial charge in [-0.05, 0) is 19.8 Å². The molecule has 2 unspecified atom stereocenters. The number of aliphatic hydroxyl groups excluding tert-OH is 1. The van der Waals surface area contributed by atoms with Gasteiger partial charge in [-0.15, -0.1) is 10.2 Å².